The summed E-state index contributed by atoms with van der Waals surface area (Å²) in [6.07, 6.45) is 2.79. The summed E-state index contributed by atoms with van der Waals surface area (Å²) in [4.78, 5) is 2.17. The standard InChI is InChI=1S/C10H18NO2S/c1-10(2)4-6-11-5-3-8-14(12,13)9-7-11/h4,8H,3,5-7,9H2,1-2H3. The number of nitrogens with zero attached hydrogens (tertiary/aromatic N) is 1. The molecule has 0 bridgehead atoms. The second-order valence-corrected chi connectivity index (χ2v) is 5.97. The predicted octanol–water partition coefficient (Wildman–Crippen LogP) is 1.23. The lowest BCUT2D eigenvalue weighted by atomic mass is 10.3. The lowest BCUT2D eigenvalue weighted by Gasteiger charge is -2.16. The molecule has 0 aromatic carbocycles. The maximum absolute atomic E-state index is 11.3. The summed E-state index contributed by atoms with van der Waals surface area (Å²) in [5, 5.41) is 0. The van der Waals surface area contributed by atoms with Crippen molar-refractivity contribution in [1.29, 1.82) is 0 Å². The molecule has 14 heavy (non-hydrogen) atoms. The molecule has 0 amide bonds. The molecule has 1 rings (SSSR count). The van der Waals surface area contributed by atoms with Gasteiger partial charge in [0.1, 0.15) is 0 Å². The molecule has 0 aromatic rings. The number of sulfone groups is 1. The van der Waals surface area contributed by atoms with Crippen LogP contribution in [0.5, 0.6) is 0 Å². The molecule has 0 N–H and O–H groups in total. The molecule has 1 fully saturated rings. The molecule has 1 aliphatic rings. The zero-order valence-electron chi connectivity index (χ0n) is 8.86. The molecule has 0 unspecified atom stereocenters. The summed E-state index contributed by atoms with van der Waals surface area (Å²) >= 11 is 0. The van der Waals surface area contributed by atoms with Crippen LogP contribution in [0.2, 0.25) is 0 Å². The molecule has 1 heterocycles. The minimum Gasteiger partial charge on any atom is -0.299 e. The van der Waals surface area contributed by atoms with E-state index in [1.54, 1.807) is 0 Å². The quantitative estimate of drug-likeness (QED) is 0.652. The summed E-state index contributed by atoms with van der Waals surface area (Å²) in [5.41, 5.74) is 1.28. The van der Waals surface area contributed by atoms with E-state index >= 15 is 0 Å². The van der Waals surface area contributed by atoms with Crippen LogP contribution < -0.4 is 0 Å². The third-order valence-corrected chi connectivity index (χ3v) is 3.76. The van der Waals surface area contributed by atoms with Crippen molar-refractivity contribution >= 4 is 9.84 Å². The molecular weight excluding hydrogens is 198 g/mol. The van der Waals surface area contributed by atoms with Crippen molar-refractivity contribution in [3.63, 3.8) is 0 Å². The topological polar surface area (TPSA) is 37.4 Å². The third kappa shape index (κ3) is 4.24. The molecule has 0 aliphatic carbocycles. The van der Waals surface area contributed by atoms with Gasteiger partial charge in [-0.2, -0.15) is 0 Å². The Kier molecular flexibility index (Phi) is 4.13. The third-order valence-electron chi connectivity index (χ3n) is 2.27. The van der Waals surface area contributed by atoms with Gasteiger partial charge in [0.2, 0.25) is 0 Å². The van der Waals surface area contributed by atoms with Crippen LogP contribution in [0.1, 0.15) is 20.3 Å². The second kappa shape index (κ2) is 4.94. The van der Waals surface area contributed by atoms with Gasteiger partial charge in [0, 0.05) is 13.1 Å². The SMILES string of the molecule is CC(C)=CCN1CC[CH]S(=O)(=O)CC1. The number of allylic oxidation sites excluding steroid dienone is 1. The highest BCUT2D eigenvalue weighted by Gasteiger charge is 2.18. The molecule has 4 heteroatoms. The van der Waals surface area contributed by atoms with Crippen molar-refractivity contribution in [2.45, 2.75) is 20.3 Å². The molecule has 81 valence electrons. The van der Waals surface area contributed by atoms with E-state index < -0.39 is 9.84 Å². The molecule has 0 saturated carbocycles. The predicted molar refractivity (Wildman–Crippen MR) is 58.6 cm³/mol. The summed E-state index contributed by atoms with van der Waals surface area (Å²) in [6.45, 7) is 6.48. The van der Waals surface area contributed by atoms with Crippen molar-refractivity contribution in [3.8, 4) is 0 Å². The van der Waals surface area contributed by atoms with Crippen molar-refractivity contribution in [2.24, 2.45) is 0 Å². The molecule has 0 spiro atoms. The van der Waals surface area contributed by atoms with Gasteiger partial charge in [0.25, 0.3) is 0 Å². The lowest BCUT2D eigenvalue weighted by Crippen LogP contribution is -2.27. The first kappa shape index (κ1) is 11.7. The fourth-order valence-corrected chi connectivity index (χ4v) is 2.50. The van der Waals surface area contributed by atoms with E-state index in [4.69, 9.17) is 0 Å². The maximum Gasteiger partial charge on any atom is 0.155 e. The number of hydrogen-bond donors (Lipinski definition) is 0. The summed E-state index contributed by atoms with van der Waals surface area (Å²) in [7, 11) is -2.88. The van der Waals surface area contributed by atoms with Crippen molar-refractivity contribution in [2.75, 3.05) is 25.4 Å². The van der Waals surface area contributed by atoms with E-state index in [0.717, 1.165) is 13.1 Å². The van der Waals surface area contributed by atoms with Gasteiger partial charge in [-0.05, 0) is 26.8 Å². The Morgan fingerprint density at radius 2 is 2.14 bits per heavy atom. The zero-order chi connectivity index (χ0) is 10.6. The van der Waals surface area contributed by atoms with Crippen LogP contribution in [0, 0.1) is 5.75 Å². The first-order valence-electron chi connectivity index (χ1n) is 4.91. The molecule has 0 aromatic heterocycles. The average Bonchev–Trinajstić information content (AvgIpc) is 2.23. The minimum absolute atomic E-state index is 0.267. The lowest BCUT2D eigenvalue weighted by molar-refractivity contribution is 0.329. The largest absolute Gasteiger partial charge is 0.299 e. The van der Waals surface area contributed by atoms with Gasteiger partial charge in [-0.15, -0.1) is 0 Å². The van der Waals surface area contributed by atoms with Crippen LogP contribution in [-0.2, 0) is 9.84 Å². The van der Waals surface area contributed by atoms with Gasteiger partial charge in [0.05, 0.1) is 11.5 Å². The molecule has 1 radical (unpaired) electrons. The Balaban J connectivity index is 2.47. The number of rotatable bonds is 2. The Morgan fingerprint density at radius 3 is 2.79 bits per heavy atom. The van der Waals surface area contributed by atoms with Gasteiger partial charge in [-0.1, -0.05) is 11.6 Å². The summed E-state index contributed by atoms with van der Waals surface area (Å²) < 4.78 is 22.5. The molecule has 3 nitrogen and oxygen atoms in total. The molecular formula is C10H18NO2S. The van der Waals surface area contributed by atoms with Gasteiger partial charge in [0.15, 0.2) is 9.84 Å². The van der Waals surface area contributed by atoms with Crippen molar-refractivity contribution < 1.29 is 8.42 Å². The Bertz CT molecular complexity index is 302. The van der Waals surface area contributed by atoms with Gasteiger partial charge >= 0.3 is 0 Å². The molecule has 1 saturated heterocycles. The fourth-order valence-electron chi connectivity index (χ4n) is 1.36. The van der Waals surface area contributed by atoms with Crippen LogP contribution in [0.15, 0.2) is 11.6 Å². The highest BCUT2D eigenvalue weighted by Crippen LogP contribution is 2.09. The van der Waals surface area contributed by atoms with E-state index in [9.17, 15) is 8.42 Å². The van der Waals surface area contributed by atoms with Gasteiger partial charge in [-0.25, -0.2) is 8.42 Å². The van der Waals surface area contributed by atoms with Gasteiger partial charge in [-0.3, -0.25) is 4.90 Å². The second-order valence-electron chi connectivity index (χ2n) is 3.90. The molecule has 1 aliphatic heterocycles. The monoisotopic (exact) mass is 216 g/mol. The van der Waals surface area contributed by atoms with Crippen molar-refractivity contribution in [1.82, 2.24) is 4.90 Å². The Labute approximate surface area is 86.7 Å². The van der Waals surface area contributed by atoms with E-state index in [1.165, 1.54) is 11.3 Å². The summed E-state index contributed by atoms with van der Waals surface area (Å²) in [5.74, 6) is 1.72. The Morgan fingerprint density at radius 1 is 1.43 bits per heavy atom. The Hall–Kier alpha value is -0.350. The van der Waals surface area contributed by atoms with E-state index in [1.807, 2.05) is 0 Å². The van der Waals surface area contributed by atoms with Crippen LogP contribution in [0.3, 0.4) is 0 Å². The zero-order valence-corrected chi connectivity index (χ0v) is 9.68. The van der Waals surface area contributed by atoms with Crippen LogP contribution in [0.25, 0.3) is 0 Å². The van der Waals surface area contributed by atoms with E-state index in [-0.39, 0.29) is 5.75 Å². The number of hydrogen-bond acceptors (Lipinski definition) is 3. The fraction of sp³-hybridized carbons (Fsp3) is 0.700. The summed E-state index contributed by atoms with van der Waals surface area (Å²) in [6, 6.07) is 0. The van der Waals surface area contributed by atoms with Crippen LogP contribution >= 0.6 is 0 Å². The highest BCUT2D eigenvalue weighted by atomic mass is 32.2. The van der Waals surface area contributed by atoms with Crippen molar-refractivity contribution in [3.05, 3.63) is 17.4 Å². The maximum atomic E-state index is 11.3. The van der Waals surface area contributed by atoms with Crippen LogP contribution in [-0.4, -0.2) is 38.7 Å². The van der Waals surface area contributed by atoms with Crippen LogP contribution in [0.4, 0.5) is 0 Å². The van der Waals surface area contributed by atoms with E-state index in [2.05, 4.69) is 24.8 Å². The highest BCUT2D eigenvalue weighted by molar-refractivity contribution is 7.93. The minimum atomic E-state index is -2.88. The molecule has 0 atom stereocenters. The normalized spacial score (nSPS) is 22.7. The smallest absolute Gasteiger partial charge is 0.155 e. The average molecular weight is 216 g/mol. The first-order valence-corrected chi connectivity index (χ1v) is 6.63. The first-order chi connectivity index (χ1) is 6.49. The van der Waals surface area contributed by atoms with E-state index in [0.29, 0.717) is 13.0 Å². The van der Waals surface area contributed by atoms with Gasteiger partial charge < -0.3 is 0 Å².